The first kappa shape index (κ1) is 14.0. The van der Waals surface area contributed by atoms with Gasteiger partial charge in [-0.3, -0.25) is 10.1 Å². The summed E-state index contributed by atoms with van der Waals surface area (Å²) in [6, 6.07) is 10.1. The number of rotatable bonds is 3. The Kier molecular flexibility index (Phi) is 4.00. The Bertz CT molecular complexity index is 667. The molecule has 0 unspecified atom stereocenters. The number of hydrogen-bond acceptors (Lipinski definition) is 4. The number of nitro benzene ring substituents is 1. The Labute approximate surface area is 119 Å². The molecule has 0 aliphatic carbocycles. The van der Waals surface area contributed by atoms with Crippen molar-refractivity contribution in [2.24, 2.45) is 0 Å². The van der Waals surface area contributed by atoms with Gasteiger partial charge in [0.05, 0.1) is 10.5 Å². The second kappa shape index (κ2) is 5.71. The van der Waals surface area contributed by atoms with Gasteiger partial charge in [0.1, 0.15) is 5.75 Å². The second-order valence-electron chi connectivity index (χ2n) is 4.10. The number of esters is 1. The molecule has 0 aliphatic heterocycles. The minimum absolute atomic E-state index is 0.0797. The third kappa shape index (κ3) is 3.13. The number of hydrogen-bond donors (Lipinski definition) is 0. The van der Waals surface area contributed by atoms with Crippen LogP contribution >= 0.6 is 11.6 Å². The summed E-state index contributed by atoms with van der Waals surface area (Å²) >= 11 is 5.88. The molecule has 20 heavy (non-hydrogen) atoms. The molecule has 0 bridgehead atoms. The fourth-order valence-electron chi connectivity index (χ4n) is 1.57. The van der Waals surface area contributed by atoms with Crippen molar-refractivity contribution in [2.75, 3.05) is 0 Å². The van der Waals surface area contributed by atoms with E-state index in [1.807, 2.05) is 0 Å². The first-order valence-corrected chi connectivity index (χ1v) is 6.08. The Morgan fingerprint density at radius 3 is 2.40 bits per heavy atom. The van der Waals surface area contributed by atoms with Crippen LogP contribution in [0.2, 0.25) is 5.02 Å². The van der Waals surface area contributed by atoms with Crippen molar-refractivity contribution >= 4 is 23.3 Å². The van der Waals surface area contributed by atoms with E-state index in [2.05, 4.69) is 0 Å². The maximum Gasteiger partial charge on any atom is 0.343 e. The molecule has 0 aliphatic rings. The minimum atomic E-state index is -0.582. The normalized spacial score (nSPS) is 10.1. The molecule has 0 radical (unpaired) electrons. The SMILES string of the molecule is Cc1cc(OC(=O)c2ccc([N+](=O)[O-])cc2)ccc1Cl. The van der Waals surface area contributed by atoms with Crippen LogP contribution in [0, 0.1) is 17.0 Å². The van der Waals surface area contributed by atoms with Gasteiger partial charge in [0, 0.05) is 17.2 Å². The lowest BCUT2D eigenvalue weighted by Crippen LogP contribution is -2.08. The molecule has 0 heterocycles. The molecular formula is C14H10ClNO4. The molecule has 0 spiro atoms. The lowest BCUT2D eigenvalue weighted by molar-refractivity contribution is -0.384. The van der Waals surface area contributed by atoms with Gasteiger partial charge in [0.25, 0.3) is 5.69 Å². The van der Waals surface area contributed by atoms with Crippen molar-refractivity contribution < 1.29 is 14.5 Å². The molecule has 0 aromatic heterocycles. The molecule has 102 valence electrons. The van der Waals surface area contributed by atoms with Crippen LogP contribution in [0.5, 0.6) is 5.75 Å². The Balaban J connectivity index is 2.15. The molecule has 2 aromatic carbocycles. The lowest BCUT2D eigenvalue weighted by Gasteiger charge is -2.06. The van der Waals surface area contributed by atoms with Gasteiger partial charge in [-0.15, -0.1) is 0 Å². The van der Waals surface area contributed by atoms with Crippen molar-refractivity contribution in [2.45, 2.75) is 6.92 Å². The quantitative estimate of drug-likeness (QED) is 0.373. The van der Waals surface area contributed by atoms with Gasteiger partial charge in [0.15, 0.2) is 0 Å². The zero-order chi connectivity index (χ0) is 14.7. The standard InChI is InChI=1S/C14H10ClNO4/c1-9-8-12(6-7-13(9)15)20-14(17)10-2-4-11(5-3-10)16(18)19/h2-8H,1H3. The number of nitro groups is 1. The van der Waals surface area contributed by atoms with Gasteiger partial charge in [-0.05, 0) is 42.8 Å². The second-order valence-corrected chi connectivity index (χ2v) is 4.51. The Hall–Kier alpha value is -2.40. The molecule has 0 atom stereocenters. The zero-order valence-electron chi connectivity index (χ0n) is 10.5. The van der Waals surface area contributed by atoms with Gasteiger partial charge in [-0.1, -0.05) is 11.6 Å². The highest BCUT2D eigenvalue weighted by Gasteiger charge is 2.11. The van der Waals surface area contributed by atoms with Crippen LogP contribution in [0.25, 0.3) is 0 Å². The van der Waals surface area contributed by atoms with Crippen molar-refractivity contribution in [1.29, 1.82) is 0 Å². The molecule has 6 heteroatoms. The van der Waals surface area contributed by atoms with Gasteiger partial charge in [0.2, 0.25) is 0 Å². The molecule has 2 aromatic rings. The fraction of sp³-hybridized carbons (Fsp3) is 0.0714. The van der Waals surface area contributed by atoms with Gasteiger partial charge >= 0.3 is 5.97 Å². The number of ether oxygens (including phenoxy) is 1. The number of carbonyl (C=O) groups is 1. The summed E-state index contributed by atoms with van der Waals surface area (Å²) in [5.41, 5.74) is 0.952. The predicted molar refractivity (Wildman–Crippen MR) is 74.2 cm³/mol. The highest BCUT2D eigenvalue weighted by molar-refractivity contribution is 6.31. The first-order valence-electron chi connectivity index (χ1n) is 5.70. The summed E-state index contributed by atoms with van der Waals surface area (Å²) in [4.78, 5) is 21.9. The van der Waals surface area contributed by atoms with E-state index < -0.39 is 10.9 Å². The summed E-state index contributed by atoms with van der Waals surface area (Å²) in [5.74, 6) is -0.211. The van der Waals surface area contributed by atoms with E-state index in [0.29, 0.717) is 10.8 Å². The number of halogens is 1. The van der Waals surface area contributed by atoms with Crippen LogP contribution in [0.1, 0.15) is 15.9 Å². The monoisotopic (exact) mass is 291 g/mol. The van der Waals surface area contributed by atoms with Crippen molar-refractivity contribution in [3.63, 3.8) is 0 Å². The molecule has 5 nitrogen and oxygen atoms in total. The van der Waals surface area contributed by atoms with Crippen molar-refractivity contribution in [3.8, 4) is 5.75 Å². The average Bonchev–Trinajstić information content (AvgIpc) is 2.43. The number of non-ortho nitro benzene ring substituents is 1. The third-order valence-electron chi connectivity index (χ3n) is 2.65. The molecule has 0 saturated heterocycles. The fourth-order valence-corrected chi connectivity index (χ4v) is 1.68. The average molecular weight is 292 g/mol. The third-order valence-corrected chi connectivity index (χ3v) is 3.08. The summed E-state index contributed by atoms with van der Waals surface area (Å²) in [6.07, 6.45) is 0. The molecule has 0 fully saturated rings. The van der Waals surface area contributed by atoms with Crippen LogP contribution in [0.4, 0.5) is 5.69 Å². The van der Waals surface area contributed by atoms with E-state index in [4.69, 9.17) is 16.3 Å². The maximum atomic E-state index is 11.9. The van der Waals surface area contributed by atoms with Crippen LogP contribution < -0.4 is 4.74 Å². The topological polar surface area (TPSA) is 69.4 Å². The number of nitrogens with zero attached hydrogens (tertiary/aromatic N) is 1. The zero-order valence-corrected chi connectivity index (χ0v) is 11.3. The van der Waals surface area contributed by atoms with Crippen molar-refractivity contribution in [1.82, 2.24) is 0 Å². The predicted octanol–water partition coefficient (Wildman–Crippen LogP) is 3.78. The van der Waals surface area contributed by atoms with Crippen LogP contribution in [0.15, 0.2) is 42.5 Å². The van der Waals surface area contributed by atoms with Gasteiger partial charge in [-0.25, -0.2) is 4.79 Å². The first-order chi connectivity index (χ1) is 9.47. The van der Waals surface area contributed by atoms with Crippen molar-refractivity contribution in [3.05, 3.63) is 68.7 Å². The van der Waals surface area contributed by atoms with E-state index in [1.165, 1.54) is 24.3 Å². The van der Waals surface area contributed by atoms with E-state index in [9.17, 15) is 14.9 Å². The lowest BCUT2D eigenvalue weighted by atomic mass is 10.2. The Morgan fingerprint density at radius 2 is 1.85 bits per heavy atom. The van der Waals surface area contributed by atoms with Crippen LogP contribution in [-0.4, -0.2) is 10.9 Å². The Morgan fingerprint density at radius 1 is 1.20 bits per heavy atom. The van der Waals surface area contributed by atoms with E-state index in [-0.39, 0.29) is 11.3 Å². The van der Waals surface area contributed by atoms with Gasteiger partial charge < -0.3 is 4.74 Å². The smallest absolute Gasteiger partial charge is 0.343 e. The van der Waals surface area contributed by atoms with Gasteiger partial charge in [-0.2, -0.15) is 0 Å². The van der Waals surface area contributed by atoms with E-state index in [0.717, 1.165) is 5.56 Å². The maximum absolute atomic E-state index is 11.9. The number of benzene rings is 2. The molecule has 0 saturated carbocycles. The summed E-state index contributed by atoms with van der Waals surface area (Å²) < 4.78 is 5.17. The minimum Gasteiger partial charge on any atom is -0.423 e. The molecule has 2 rings (SSSR count). The highest BCUT2D eigenvalue weighted by Crippen LogP contribution is 2.22. The number of aryl methyl sites for hydroxylation is 1. The highest BCUT2D eigenvalue weighted by atomic mass is 35.5. The molecular weight excluding hydrogens is 282 g/mol. The molecule has 0 amide bonds. The number of carbonyl (C=O) groups excluding carboxylic acids is 1. The molecule has 0 N–H and O–H groups in total. The largest absolute Gasteiger partial charge is 0.423 e. The summed E-state index contributed by atoms with van der Waals surface area (Å²) in [5, 5.41) is 11.1. The summed E-state index contributed by atoms with van der Waals surface area (Å²) in [6.45, 7) is 1.80. The van der Waals surface area contributed by atoms with Crippen LogP contribution in [-0.2, 0) is 0 Å². The van der Waals surface area contributed by atoms with E-state index >= 15 is 0 Å². The van der Waals surface area contributed by atoms with E-state index in [1.54, 1.807) is 25.1 Å². The summed E-state index contributed by atoms with van der Waals surface area (Å²) in [7, 11) is 0. The van der Waals surface area contributed by atoms with Crippen LogP contribution in [0.3, 0.4) is 0 Å².